The molecule has 0 aliphatic heterocycles. The first-order valence-electron chi connectivity index (χ1n) is 5.75. The molecule has 2 aromatic rings. The lowest BCUT2D eigenvalue weighted by molar-refractivity contribution is 0.0935. The molecule has 0 fully saturated rings. The van der Waals surface area contributed by atoms with Crippen molar-refractivity contribution in [2.45, 2.75) is 13.0 Å². The summed E-state index contributed by atoms with van der Waals surface area (Å²) in [6, 6.07) is 10.3. The number of aromatic nitrogens is 1. The molecule has 1 atom stereocenters. The van der Waals surface area contributed by atoms with Gasteiger partial charge in [0.15, 0.2) is 0 Å². The highest BCUT2D eigenvalue weighted by Crippen LogP contribution is 2.25. The number of hydrogen-bond donors (Lipinski definition) is 1. The molecule has 1 amide bonds. The third kappa shape index (κ3) is 3.46. The SMILES string of the molecule is CC(NC(=O)c1ccccn1)c1ccc(Cl)c(Cl)c1. The first-order chi connectivity index (χ1) is 9.08. The summed E-state index contributed by atoms with van der Waals surface area (Å²) >= 11 is 11.8. The summed E-state index contributed by atoms with van der Waals surface area (Å²) < 4.78 is 0. The molecule has 0 radical (unpaired) electrons. The maximum Gasteiger partial charge on any atom is 0.270 e. The number of benzene rings is 1. The number of rotatable bonds is 3. The normalized spacial score (nSPS) is 11.9. The van der Waals surface area contributed by atoms with Gasteiger partial charge in [-0.3, -0.25) is 9.78 Å². The van der Waals surface area contributed by atoms with E-state index in [1.807, 2.05) is 13.0 Å². The van der Waals surface area contributed by atoms with E-state index in [2.05, 4.69) is 10.3 Å². The van der Waals surface area contributed by atoms with E-state index >= 15 is 0 Å². The molecule has 0 spiro atoms. The monoisotopic (exact) mass is 294 g/mol. The van der Waals surface area contributed by atoms with Gasteiger partial charge in [-0.1, -0.05) is 35.3 Å². The Morgan fingerprint density at radius 1 is 1.21 bits per heavy atom. The lowest BCUT2D eigenvalue weighted by Gasteiger charge is -2.14. The minimum Gasteiger partial charge on any atom is -0.344 e. The number of hydrogen-bond acceptors (Lipinski definition) is 2. The maximum absolute atomic E-state index is 11.9. The molecular weight excluding hydrogens is 283 g/mol. The maximum atomic E-state index is 11.9. The number of carbonyl (C=O) groups excluding carboxylic acids is 1. The standard InChI is InChI=1S/C14H12Cl2N2O/c1-9(10-5-6-11(15)12(16)8-10)18-14(19)13-4-2-3-7-17-13/h2-9H,1H3,(H,18,19). The van der Waals surface area contributed by atoms with Gasteiger partial charge in [-0.15, -0.1) is 0 Å². The molecule has 1 aromatic carbocycles. The Bertz CT molecular complexity index is 587. The van der Waals surface area contributed by atoms with Crippen LogP contribution < -0.4 is 5.32 Å². The Balaban J connectivity index is 2.10. The van der Waals surface area contributed by atoms with Crippen LogP contribution in [0.4, 0.5) is 0 Å². The highest BCUT2D eigenvalue weighted by molar-refractivity contribution is 6.42. The van der Waals surface area contributed by atoms with E-state index in [9.17, 15) is 4.79 Å². The highest BCUT2D eigenvalue weighted by Gasteiger charge is 2.13. The zero-order valence-electron chi connectivity index (χ0n) is 10.2. The Kier molecular flexibility index (Phi) is 4.40. The summed E-state index contributed by atoms with van der Waals surface area (Å²) in [4.78, 5) is 15.9. The second-order valence-corrected chi connectivity index (χ2v) is 4.90. The second-order valence-electron chi connectivity index (χ2n) is 4.08. The Morgan fingerprint density at radius 2 is 2.00 bits per heavy atom. The number of nitrogens with zero attached hydrogens (tertiary/aromatic N) is 1. The van der Waals surface area contributed by atoms with Crippen molar-refractivity contribution in [2.24, 2.45) is 0 Å². The third-order valence-corrected chi connectivity index (χ3v) is 3.43. The molecule has 19 heavy (non-hydrogen) atoms. The number of carbonyl (C=O) groups is 1. The van der Waals surface area contributed by atoms with Crippen molar-refractivity contribution >= 4 is 29.1 Å². The van der Waals surface area contributed by atoms with Crippen LogP contribution in [0.15, 0.2) is 42.6 Å². The van der Waals surface area contributed by atoms with Gasteiger partial charge in [0.1, 0.15) is 5.69 Å². The van der Waals surface area contributed by atoms with Gasteiger partial charge in [-0.2, -0.15) is 0 Å². The minimum absolute atomic E-state index is 0.177. The molecule has 0 bridgehead atoms. The van der Waals surface area contributed by atoms with Crippen LogP contribution in [0.3, 0.4) is 0 Å². The molecule has 0 aliphatic carbocycles. The largest absolute Gasteiger partial charge is 0.344 e. The van der Waals surface area contributed by atoms with Gasteiger partial charge in [-0.25, -0.2) is 0 Å². The van der Waals surface area contributed by atoms with Crippen molar-refractivity contribution in [3.63, 3.8) is 0 Å². The molecule has 1 heterocycles. The van der Waals surface area contributed by atoms with Gasteiger partial charge in [0.05, 0.1) is 16.1 Å². The summed E-state index contributed by atoms with van der Waals surface area (Å²) in [6.07, 6.45) is 1.58. The van der Waals surface area contributed by atoms with Crippen molar-refractivity contribution < 1.29 is 4.79 Å². The predicted molar refractivity (Wildman–Crippen MR) is 76.6 cm³/mol. The zero-order valence-corrected chi connectivity index (χ0v) is 11.7. The molecule has 2 rings (SSSR count). The van der Waals surface area contributed by atoms with Gasteiger partial charge in [0.2, 0.25) is 0 Å². The van der Waals surface area contributed by atoms with Crippen molar-refractivity contribution in [2.75, 3.05) is 0 Å². The highest BCUT2D eigenvalue weighted by atomic mass is 35.5. The molecule has 98 valence electrons. The van der Waals surface area contributed by atoms with E-state index in [-0.39, 0.29) is 11.9 Å². The summed E-state index contributed by atoms with van der Waals surface area (Å²) in [6.45, 7) is 1.88. The van der Waals surface area contributed by atoms with Crippen molar-refractivity contribution in [1.82, 2.24) is 10.3 Å². The molecular formula is C14H12Cl2N2O. The van der Waals surface area contributed by atoms with Crippen LogP contribution in [0.1, 0.15) is 29.0 Å². The lowest BCUT2D eigenvalue weighted by Crippen LogP contribution is -2.27. The van der Waals surface area contributed by atoms with Crippen molar-refractivity contribution in [3.8, 4) is 0 Å². The van der Waals surface area contributed by atoms with E-state index in [4.69, 9.17) is 23.2 Å². The fourth-order valence-electron chi connectivity index (χ4n) is 1.63. The van der Waals surface area contributed by atoms with E-state index < -0.39 is 0 Å². The Labute approximate surface area is 121 Å². The molecule has 1 aromatic heterocycles. The smallest absolute Gasteiger partial charge is 0.270 e. The fourth-order valence-corrected chi connectivity index (χ4v) is 1.94. The average molecular weight is 295 g/mol. The molecule has 0 saturated carbocycles. The van der Waals surface area contributed by atoms with Gasteiger partial charge in [0, 0.05) is 6.20 Å². The van der Waals surface area contributed by atoms with Crippen molar-refractivity contribution in [3.05, 3.63) is 63.9 Å². The van der Waals surface area contributed by atoms with Crippen LogP contribution in [-0.4, -0.2) is 10.9 Å². The quantitative estimate of drug-likeness (QED) is 0.933. The second kappa shape index (κ2) is 6.04. The third-order valence-electron chi connectivity index (χ3n) is 2.69. The Morgan fingerprint density at radius 3 is 2.63 bits per heavy atom. The van der Waals surface area contributed by atoms with Gasteiger partial charge < -0.3 is 5.32 Å². The number of amides is 1. The average Bonchev–Trinajstić information content (AvgIpc) is 2.42. The number of pyridine rings is 1. The van der Waals surface area contributed by atoms with E-state index in [0.29, 0.717) is 15.7 Å². The fraction of sp³-hybridized carbons (Fsp3) is 0.143. The van der Waals surface area contributed by atoms with E-state index in [1.54, 1.807) is 36.5 Å². The molecule has 0 aliphatic rings. The first kappa shape index (κ1) is 13.8. The topological polar surface area (TPSA) is 42.0 Å². The summed E-state index contributed by atoms with van der Waals surface area (Å²) in [7, 11) is 0. The minimum atomic E-state index is -0.223. The van der Waals surface area contributed by atoms with Gasteiger partial charge in [-0.05, 0) is 36.8 Å². The van der Waals surface area contributed by atoms with Crippen LogP contribution in [0.5, 0.6) is 0 Å². The van der Waals surface area contributed by atoms with Crippen LogP contribution in [0.2, 0.25) is 10.0 Å². The predicted octanol–water partition coefficient (Wildman–Crippen LogP) is 3.88. The van der Waals surface area contributed by atoms with Gasteiger partial charge in [0.25, 0.3) is 5.91 Å². The lowest BCUT2D eigenvalue weighted by atomic mass is 10.1. The zero-order chi connectivity index (χ0) is 13.8. The molecule has 3 nitrogen and oxygen atoms in total. The number of nitrogens with one attached hydrogen (secondary N) is 1. The van der Waals surface area contributed by atoms with Crippen molar-refractivity contribution in [1.29, 1.82) is 0 Å². The molecule has 1 N–H and O–H groups in total. The van der Waals surface area contributed by atoms with Gasteiger partial charge >= 0.3 is 0 Å². The molecule has 0 saturated heterocycles. The summed E-state index contributed by atoms with van der Waals surface area (Å²) in [5.41, 5.74) is 1.27. The van der Waals surface area contributed by atoms with E-state index in [1.165, 1.54) is 0 Å². The van der Waals surface area contributed by atoms with Crippen LogP contribution >= 0.6 is 23.2 Å². The summed E-state index contributed by atoms with van der Waals surface area (Å²) in [5, 5.41) is 3.82. The van der Waals surface area contributed by atoms with E-state index in [0.717, 1.165) is 5.56 Å². The first-order valence-corrected chi connectivity index (χ1v) is 6.50. The molecule has 5 heteroatoms. The Hall–Kier alpha value is -1.58. The number of halogens is 2. The van der Waals surface area contributed by atoms with Crippen LogP contribution in [0, 0.1) is 0 Å². The summed E-state index contributed by atoms with van der Waals surface area (Å²) in [5.74, 6) is -0.223. The molecule has 1 unspecified atom stereocenters. The van der Waals surface area contributed by atoms with Crippen LogP contribution in [0.25, 0.3) is 0 Å². The van der Waals surface area contributed by atoms with Crippen LogP contribution in [-0.2, 0) is 0 Å².